The Kier molecular flexibility index (Phi) is 9.62. The minimum absolute atomic E-state index is 0.106. The number of carbonyl (C=O) groups excluding carboxylic acids is 3. The second kappa shape index (κ2) is 11.4. The molecule has 0 aliphatic rings. The van der Waals surface area contributed by atoms with Crippen LogP contribution in [0.25, 0.3) is 0 Å². The van der Waals surface area contributed by atoms with E-state index in [1.807, 2.05) is 13.8 Å². The molecule has 0 aliphatic carbocycles. The van der Waals surface area contributed by atoms with Gasteiger partial charge in [-0.2, -0.15) is 0 Å². The Morgan fingerprint density at radius 3 is 2.13 bits per heavy atom. The SMILES string of the molecule is CCOC(=O)C(Cc1ccc(O)cc1)NC(=O)C(CC(C)C)NC(=O)OC(C)(C)C. The molecule has 0 fully saturated rings. The third kappa shape index (κ3) is 9.62. The molecule has 3 N–H and O–H groups in total. The van der Waals surface area contributed by atoms with E-state index >= 15 is 0 Å². The van der Waals surface area contributed by atoms with E-state index in [0.717, 1.165) is 5.56 Å². The van der Waals surface area contributed by atoms with Gasteiger partial charge in [0.15, 0.2) is 0 Å². The molecule has 2 atom stereocenters. The normalized spacial score (nSPS) is 13.3. The van der Waals surface area contributed by atoms with Crippen LogP contribution in [0.2, 0.25) is 0 Å². The maximum absolute atomic E-state index is 12.9. The van der Waals surface area contributed by atoms with Crippen LogP contribution in [0.3, 0.4) is 0 Å². The van der Waals surface area contributed by atoms with Crippen LogP contribution in [-0.4, -0.2) is 47.4 Å². The summed E-state index contributed by atoms with van der Waals surface area (Å²) in [5.41, 5.74) is 0.0432. The number of ether oxygens (including phenoxy) is 2. The molecule has 168 valence electrons. The number of esters is 1. The Morgan fingerprint density at radius 2 is 1.63 bits per heavy atom. The summed E-state index contributed by atoms with van der Waals surface area (Å²) in [5, 5.41) is 14.7. The summed E-state index contributed by atoms with van der Waals surface area (Å²) in [4.78, 5) is 37.5. The van der Waals surface area contributed by atoms with Crippen molar-refractivity contribution in [3.05, 3.63) is 29.8 Å². The van der Waals surface area contributed by atoms with Gasteiger partial charge in [-0.15, -0.1) is 0 Å². The second-order valence-electron chi connectivity index (χ2n) is 8.51. The van der Waals surface area contributed by atoms with Crippen molar-refractivity contribution in [1.82, 2.24) is 10.6 Å². The van der Waals surface area contributed by atoms with Crippen LogP contribution < -0.4 is 10.6 Å². The summed E-state index contributed by atoms with van der Waals surface area (Å²) in [7, 11) is 0. The first-order valence-electron chi connectivity index (χ1n) is 10.2. The smallest absolute Gasteiger partial charge is 0.408 e. The van der Waals surface area contributed by atoms with Gasteiger partial charge in [-0.05, 0) is 57.7 Å². The predicted molar refractivity (Wildman–Crippen MR) is 113 cm³/mol. The number of nitrogens with one attached hydrogen (secondary N) is 2. The van der Waals surface area contributed by atoms with E-state index in [-0.39, 0.29) is 24.7 Å². The lowest BCUT2D eigenvalue weighted by Gasteiger charge is -2.26. The molecule has 0 spiro atoms. The summed E-state index contributed by atoms with van der Waals surface area (Å²) >= 11 is 0. The fraction of sp³-hybridized carbons (Fsp3) is 0.591. The van der Waals surface area contributed by atoms with E-state index in [0.29, 0.717) is 6.42 Å². The van der Waals surface area contributed by atoms with E-state index in [4.69, 9.17) is 9.47 Å². The van der Waals surface area contributed by atoms with E-state index < -0.39 is 35.7 Å². The minimum atomic E-state index is -0.933. The van der Waals surface area contributed by atoms with Crippen molar-refractivity contribution >= 4 is 18.0 Å². The third-order valence-corrected chi connectivity index (χ3v) is 3.98. The van der Waals surface area contributed by atoms with Gasteiger partial charge in [0.2, 0.25) is 5.91 Å². The first-order chi connectivity index (χ1) is 13.9. The van der Waals surface area contributed by atoms with Gasteiger partial charge in [0.1, 0.15) is 23.4 Å². The number of hydrogen-bond donors (Lipinski definition) is 3. The van der Waals surface area contributed by atoms with Crippen molar-refractivity contribution in [3.8, 4) is 5.75 Å². The molecule has 1 aromatic rings. The molecule has 8 nitrogen and oxygen atoms in total. The number of aromatic hydroxyl groups is 1. The lowest BCUT2D eigenvalue weighted by atomic mass is 10.0. The molecule has 30 heavy (non-hydrogen) atoms. The average Bonchev–Trinajstić information content (AvgIpc) is 2.60. The topological polar surface area (TPSA) is 114 Å². The van der Waals surface area contributed by atoms with Gasteiger partial charge in [-0.1, -0.05) is 26.0 Å². The van der Waals surface area contributed by atoms with Crippen molar-refractivity contribution < 1.29 is 29.0 Å². The highest BCUT2D eigenvalue weighted by Gasteiger charge is 2.29. The zero-order valence-corrected chi connectivity index (χ0v) is 18.7. The molecule has 0 saturated carbocycles. The van der Waals surface area contributed by atoms with Crippen molar-refractivity contribution in [3.63, 3.8) is 0 Å². The quantitative estimate of drug-likeness (QED) is 0.527. The van der Waals surface area contributed by atoms with Crippen molar-refractivity contribution in [1.29, 1.82) is 0 Å². The molecule has 1 rings (SSSR count). The molecule has 2 amide bonds. The van der Waals surface area contributed by atoms with E-state index in [1.165, 1.54) is 12.1 Å². The lowest BCUT2D eigenvalue weighted by Crippen LogP contribution is -2.53. The second-order valence-corrected chi connectivity index (χ2v) is 8.51. The van der Waals surface area contributed by atoms with Crippen LogP contribution in [0, 0.1) is 5.92 Å². The summed E-state index contributed by atoms with van der Waals surface area (Å²) < 4.78 is 10.3. The Labute approximate surface area is 178 Å². The summed E-state index contributed by atoms with van der Waals surface area (Å²) in [6.07, 6.45) is -0.138. The largest absolute Gasteiger partial charge is 0.508 e. The monoisotopic (exact) mass is 422 g/mol. The Bertz CT molecular complexity index is 709. The van der Waals surface area contributed by atoms with Gasteiger partial charge in [0.25, 0.3) is 0 Å². The van der Waals surface area contributed by atoms with E-state index in [9.17, 15) is 19.5 Å². The molecular weight excluding hydrogens is 388 g/mol. The van der Waals surface area contributed by atoms with Gasteiger partial charge in [-0.25, -0.2) is 9.59 Å². The molecule has 2 unspecified atom stereocenters. The molecule has 1 aromatic carbocycles. The third-order valence-electron chi connectivity index (χ3n) is 3.98. The van der Waals surface area contributed by atoms with Crippen molar-refractivity contribution in [2.45, 2.75) is 72.1 Å². The van der Waals surface area contributed by atoms with Crippen LogP contribution in [-0.2, 0) is 25.5 Å². The molecule has 0 radical (unpaired) electrons. The Balaban J connectivity index is 2.95. The first-order valence-corrected chi connectivity index (χ1v) is 10.2. The zero-order valence-electron chi connectivity index (χ0n) is 18.7. The number of carbonyl (C=O) groups is 3. The molecule has 0 saturated heterocycles. The maximum Gasteiger partial charge on any atom is 0.408 e. The minimum Gasteiger partial charge on any atom is -0.508 e. The Hall–Kier alpha value is -2.77. The number of amides is 2. The predicted octanol–water partition coefficient (Wildman–Crippen LogP) is 2.92. The summed E-state index contributed by atoms with van der Waals surface area (Å²) in [5.74, 6) is -0.839. The molecular formula is C22H34N2O6. The molecule has 0 heterocycles. The number of rotatable bonds is 9. The highest BCUT2D eigenvalue weighted by Crippen LogP contribution is 2.13. The molecule has 8 heteroatoms. The highest BCUT2D eigenvalue weighted by molar-refractivity contribution is 5.89. The van der Waals surface area contributed by atoms with Gasteiger partial charge in [0, 0.05) is 6.42 Å². The van der Waals surface area contributed by atoms with Crippen LogP contribution >= 0.6 is 0 Å². The fourth-order valence-corrected chi connectivity index (χ4v) is 2.73. The van der Waals surface area contributed by atoms with E-state index in [1.54, 1.807) is 39.8 Å². The molecule has 0 bridgehead atoms. The number of phenols is 1. The lowest BCUT2D eigenvalue weighted by molar-refractivity contribution is -0.147. The first kappa shape index (κ1) is 25.3. The molecule has 0 aliphatic heterocycles. The van der Waals surface area contributed by atoms with Crippen LogP contribution in [0.5, 0.6) is 5.75 Å². The number of benzene rings is 1. The van der Waals surface area contributed by atoms with Crippen molar-refractivity contribution in [2.75, 3.05) is 6.61 Å². The van der Waals surface area contributed by atoms with E-state index in [2.05, 4.69) is 10.6 Å². The van der Waals surface area contributed by atoms with Crippen LogP contribution in [0.4, 0.5) is 4.79 Å². The van der Waals surface area contributed by atoms with Gasteiger partial charge in [-0.3, -0.25) is 4.79 Å². The number of hydrogen-bond acceptors (Lipinski definition) is 6. The van der Waals surface area contributed by atoms with Gasteiger partial charge >= 0.3 is 12.1 Å². The standard InChI is InChI=1S/C22H34N2O6/c1-7-29-20(27)18(13-15-8-10-16(25)11-9-15)23-19(26)17(12-14(2)3)24-21(28)30-22(4,5)6/h8-11,14,17-18,25H,7,12-13H2,1-6H3,(H,23,26)(H,24,28). The average molecular weight is 423 g/mol. The highest BCUT2D eigenvalue weighted by atomic mass is 16.6. The maximum atomic E-state index is 12.9. The number of phenolic OH excluding ortho intramolecular Hbond substituents is 1. The van der Waals surface area contributed by atoms with Gasteiger partial charge in [0.05, 0.1) is 6.61 Å². The number of alkyl carbamates (subject to hydrolysis) is 1. The summed E-state index contributed by atoms with van der Waals surface area (Å²) in [6.45, 7) is 10.9. The van der Waals surface area contributed by atoms with Crippen LogP contribution in [0.15, 0.2) is 24.3 Å². The van der Waals surface area contributed by atoms with Gasteiger partial charge < -0.3 is 25.2 Å². The fourth-order valence-electron chi connectivity index (χ4n) is 2.73. The molecule has 0 aromatic heterocycles. The van der Waals surface area contributed by atoms with Crippen LogP contribution in [0.1, 0.15) is 53.5 Å². The zero-order chi connectivity index (χ0) is 22.9. The summed E-state index contributed by atoms with van der Waals surface area (Å²) in [6, 6.07) is 4.54. The van der Waals surface area contributed by atoms with Crippen molar-refractivity contribution in [2.24, 2.45) is 5.92 Å². The Morgan fingerprint density at radius 1 is 1.03 bits per heavy atom.